The summed E-state index contributed by atoms with van der Waals surface area (Å²) in [6.07, 6.45) is 0. The molecule has 0 fully saturated rings. The van der Waals surface area contributed by atoms with Gasteiger partial charge >= 0.3 is 0 Å². The van der Waals surface area contributed by atoms with E-state index < -0.39 is 0 Å². The Bertz CT molecular complexity index is 341. The number of rotatable bonds is 3. The van der Waals surface area contributed by atoms with Gasteiger partial charge in [0.2, 0.25) is 0 Å². The second-order valence-electron chi connectivity index (χ2n) is 4.92. The first-order chi connectivity index (χ1) is 9.38. The number of pyridine rings is 1. The number of fused-ring (bicyclic) bond motifs is 2. The van der Waals surface area contributed by atoms with Crippen LogP contribution in [0.2, 0.25) is 0 Å². The molecule has 19 heavy (non-hydrogen) atoms. The highest BCUT2D eigenvalue weighted by Crippen LogP contribution is 2.00. The summed E-state index contributed by atoms with van der Waals surface area (Å²) in [5.74, 6) is 0. The lowest BCUT2D eigenvalue weighted by Crippen LogP contribution is -2.40. The molecule has 106 valence electrons. The van der Waals surface area contributed by atoms with Crippen LogP contribution in [0.5, 0.6) is 0 Å². The van der Waals surface area contributed by atoms with E-state index in [1.54, 1.807) is 0 Å². The summed E-state index contributed by atoms with van der Waals surface area (Å²) in [4.78, 5) is 7.11. The Kier molecular flexibility index (Phi) is 6.23. The molecule has 1 aromatic heterocycles. The van der Waals surface area contributed by atoms with Crippen LogP contribution in [0, 0.1) is 0 Å². The molecule has 0 atom stereocenters. The van der Waals surface area contributed by atoms with E-state index in [1.807, 2.05) is 7.05 Å². The fourth-order valence-corrected chi connectivity index (χ4v) is 2.24. The van der Waals surface area contributed by atoms with Crippen LogP contribution in [0.1, 0.15) is 11.4 Å². The minimum Gasteiger partial charge on any atom is -0.318 e. The molecule has 0 saturated carbocycles. The molecule has 5 nitrogen and oxygen atoms in total. The van der Waals surface area contributed by atoms with Crippen molar-refractivity contribution in [2.45, 2.75) is 13.1 Å². The first-order valence-corrected chi connectivity index (χ1v) is 7.11. The van der Waals surface area contributed by atoms with E-state index in [4.69, 9.17) is 0 Å². The van der Waals surface area contributed by atoms with Gasteiger partial charge in [-0.2, -0.15) is 0 Å². The van der Waals surface area contributed by atoms with Crippen LogP contribution in [-0.2, 0) is 13.1 Å². The smallest absolute Gasteiger partial charge is 0.0545 e. The molecular weight excluding hydrogens is 238 g/mol. The molecule has 1 aliphatic heterocycles. The third-order valence-corrected chi connectivity index (χ3v) is 3.36. The van der Waals surface area contributed by atoms with Crippen LogP contribution < -0.4 is 16.0 Å². The lowest BCUT2D eigenvalue weighted by molar-refractivity contribution is 0.272. The van der Waals surface area contributed by atoms with E-state index >= 15 is 0 Å². The Morgan fingerprint density at radius 1 is 1.16 bits per heavy atom. The monoisotopic (exact) mass is 263 g/mol. The standard InChI is InChI=1S/C14H25N5/c1-15-5-8-19-9-6-16-11-13-3-2-4-14(18-13)12-17-7-10-19/h2-4,15-17H,5-12H2,1H3. The predicted octanol–water partition coefficient (Wildman–Crippen LogP) is -0.204. The van der Waals surface area contributed by atoms with Gasteiger partial charge in [0.1, 0.15) is 0 Å². The number of hydrogen-bond donors (Lipinski definition) is 3. The Hall–Kier alpha value is -1.01. The first kappa shape index (κ1) is 14.4. The molecule has 5 heteroatoms. The number of hydrogen-bond acceptors (Lipinski definition) is 5. The van der Waals surface area contributed by atoms with Crippen molar-refractivity contribution in [1.82, 2.24) is 25.8 Å². The number of likely N-dealkylation sites (N-methyl/N-ethyl adjacent to an activating group) is 1. The summed E-state index contributed by atoms with van der Waals surface area (Å²) in [6, 6.07) is 6.26. The Morgan fingerprint density at radius 3 is 2.37 bits per heavy atom. The van der Waals surface area contributed by atoms with Gasteiger partial charge in [0.15, 0.2) is 0 Å². The fourth-order valence-electron chi connectivity index (χ4n) is 2.24. The summed E-state index contributed by atoms with van der Waals surface area (Å²) in [5, 5.41) is 10.2. The molecule has 2 bridgehead atoms. The molecular formula is C14H25N5. The molecule has 0 spiro atoms. The Balaban J connectivity index is 1.89. The lowest BCUT2D eigenvalue weighted by atomic mass is 10.3. The molecule has 0 amide bonds. The zero-order chi connectivity index (χ0) is 13.3. The van der Waals surface area contributed by atoms with Crippen molar-refractivity contribution >= 4 is 0 Å². The molecule has 1 aliphatic rings. The van der Waals surface area contributed by atoms with E-state index in [1.165, 1.54) is 0 Å². The van der Waals surface area contributed by atoms with Gasteiger partial charge in [-0.3, -0.25) is 9.88 Å². The molecule has 0 aromatic carbocycles. The van der Waals surface area contributed by atoms with Crippen LogP contribution in [0.4, 0.5) is 0 Å². The van der Waals surface area contributed by atoms with Crippen molar-refractivity contribution in [2.75, 3.05) is 46.3 Å². The van der Waals surface area contributed by atoms with Gasteiger partial charge in [0, 0.05) is 52.4 Å². The zero-order valence-electron chi connectivity index (χ0n) is 11.8. The molecule has 0 unspecified atom stereocenters. The highest BCUT2D eigenvalue weighted by atomic mass is 15.2. The van der Waals surface area contributed by atoms with Gasteiger partial charge in [0.05, 0.1) is 11.4 Å². The number of nitrogens with one attached hydrogen (secondary N) is 3. The molecule has 2 heterocycles. The van der Waals surface area contributed by atoms with E-state index in [0.717, 1.165) is 63.7 Å². The van der Waals surface area contributed by atoms with E-state index in [0.29, 0.717) is 0 Å². The molecule has 3 N–H and O–H groups in total. The minimum absolute atomic E-state index is 0.855. The quantitative estimate of drug-likeness (QED) is 0.705. The van der Waals surface area contributed by atoms with Crippen LogP contribution in [-0.4, -0.2) is 56.2 Å². The molecule has 1 aromatic rings. The molecule has 2 rings (SSSR count). The largest absolute Gasteiger partial charge is 0.318 e. The number of aromatic nitrogens is 1. The summed E-state index contributed by atoms with van der Waals surface area (Å²) in [5.41, 5.74) is 2.25. The van der Waals surface area contributed by atoms with E-state index in [2.05, 4.69) is 44.0 Å². The lowest BCUT2D eigenvalue weighted by Gasteiger charge is -2.23. The molecule has 0 aliphatic carbocycles. The highest BCUT2D eigenvalue weighted by Gasteiger charge is 2.06. The highest BCUT2D eigenvalue weighted by molar-refractivity contribution is 5.11. The molecule has 0 radical (unpaired) electrons. The SMILES string of the molecule is CNCCN1CCNCc2cccc(n2)CNCC1. The second kappa shape index (κ2) is 8.22. The van der Waals surface area contributed by atoms with Crippen molar-refractivity contribution in [3.8, 4) is 0 Å². The van der Waals surface area contributed by atoms with Gasteiger partial charge in [-0.25, -0.2) is 0 Å². The summed E-state index contributed by atoms with van der Waals surface area (Å²) >= 11 is 0. The predicted molar refractivity (Wildman–Crippen MR) is 78.0 cm³/mol. The van der Waals surface area contributed by atoms with Crippen molar-refractivity contribution in [1.29, 1.82) is 0 Å². The minimum atomic E-state index is 0.855. The maximum atomic E-state index is 4.63. The van der Waals surface area contributed by atoms with Crippen molar-refractivity contribution < 1.29 is 0 Å². The van der Waals surface area contributed by atoms with Crippen molar-refractivity contribution in [3.05, 3.63) is 29.6 Å². The third kappa shape index (κ3) is 5.24. The maximum absolute atomic E-state index is 4.63. The topological polar surface area (TPSA) is 52.2 Å². The van der Waals surface area contributed by atoms with Crippen molar-refractivity contribution in [3.63, 3.8) is 0 Å². The van der Waals surface area contributed by atoms with Crippen molar-refractivity contribution in [2.24, 2.45) is 0 Å². The van der Waals surface area contributed by atoms with Crippen LogP contribution in [0.25, 0.3) is 0 Å². The first-order valence-electron chi connectivity index (χ1n) is 7.11. The van der Waals surface area contributed by atoms with Gasteiger partial charge < -0.3 is 16.0 Å². The zero-order valence-corrected chi connectivity index (χ0v) is 11.8. The summed E-state index contributed by atoms with van der Waals surface area (Å²) in [7, 11) is 2.01. The maximum Gasteiger partial charge on any atom is 0.0545 e. The second-order valence-corrected chi connectivity index (χ2v) is 4.92. The van der Waals surface area contributed by atoms with Crippen LogP contribution in [0.3, 0.4) is 0 Å². The van der Waals surface area contributed by atoms with Gasteiger partial charge in [-0.15, -0.1) is 0 Å². The van der Waals surface area contributed by atoms with E-state index in [9.17, 15) is 0 Å². The third-order valence-electron chi connectivity index (χ3n) is 3.36. The average molecular weight is 263 g/mol. The van der Waals surface area contributed by atoms with Crippen LogP contribution >= 0.6 is 0 Å². The normalized spacial score (nSPS) is 18.6. The van der Waals surface area contributed by atoms with Gasteiger partial charge in [0.25, 0.3) is 0 Å². The summed E-state index contributed by atoms with van der Waals surface area (Å²) in [6.45, 7) is 8.04. The fraction of sp³-hybridized carbons (Fsp3) is 0.643. The molecule has 0 saturated heterocycles. The van der Waals surface area contributed by atoms with Gasteiger partial charge in [-0.1, -0.05) is 6.07 Å². The average Bonchev–Trinajstić information content (AvgIpc) is 2.43. The van der Waals surface area contributed by atoms with Gasteiger partial charge in [-0.05, 0) is 19.2 Å². The number of nitrogens with zero attached hydrogens (tertiary/aromatic N) is 2. The van der Waals surface area contributed by atoms with E-state index in [-0.39, 0.29) is 0 Å². The Labute approximate surface area is 115 Å². The summed E-state index contributed by atoms with van der Waals surface area (Å²) < 4.78 is 0. The Morgan fingerprint density at radius 2 is 1.79 bits per heavy atom. The van der Waals surface area contributed by atoms with Crippen LogP contribution in [0.15, 0.2) is 18.2 Å².